The summed E-state index contributed by atoms with van der Waals surface area (Å²) in [7, 11) is 0. The van der Waals surface area contributed by atoms with Crippen molar-refractivity contribution in [2.45, 2.75) is 19.3 Å². The third-order valence-electron chi connectivity index (χ3n) is 3.95. The molecule has 2 heterocycles. The van der Waals surface area contributed by atoms with Gasteiger partial charge in [-0.2, -0.15) is 0 Å². The van der Waals surface area contributed by atoms with Gasteiger partial charge >= 0.3 is 5.97 Å². The molecule has 5 heteroatoms. The Morgan fingerprint density at radius 3 is 2.55 bits per heavy atom. The van der Waals surface area contributed by atoms with Crippen molar-refractivity contribution in [2.24, 2.45) is 0 Å². The summed E-state index contributed by atoms with van der Waals surface area (Å²) < 4.78 is 5.36. The first-order valence-corrected chi connectivity index (χ1v) is 7.37. The largest absolute Gasteiger partial charge is 0.478 e. The van der Waals surface area contributed by atoms with Crippen LogP contribution in [0.3, 0.4) is 0 Å². The molecular weight excluding hydrogens is 282 g/mol. The second-order valence-corrected chi connectivity index (χ2v) is 5.40. The number of piperidine rings is 1. The number of carboxylic acids is 1. The van der Waals surface area contributed by atoms with Crippen molar-refractivity contribution < 1.29 is 19.1 Å². The van der Waals surface area contributed by atoms with Crippen molar-refractivity contribution >= 4 is 17.9 Å². The second-order valence-electron chi connectivity index (χ2n) is 5.40. The number of benzene rings is 1. The van der Waals surface area contributed by atoms with E-state index in [2.05, 4.69) is 4.90 Å². The smallest absolute Gasteiger partial charge is 0.337 e. The van der Waals surface area contributed by atoms with Crippen LogP contribution in [0.1, 0.15) is 40.2 Å². The molecular formula is C17H17NO4. The van der Waals surface area contributed by atoms with E-state index in [9.17, 15) is 14.7 Å². The molecule has 22 heavy (non-hydrogen) atoms. The van der Waals surface area contributed by atoms with Gasteiger partial charge in [0.15, 0.2) is 12.0 Å². The molecule has 0 spiro atoms. The Bertz CT molecular complexity index is 698. The highest BCUT2D eigenvalue weighted by Crippen LogP contribution is 2.30. The number of hydrogen-bond acceptors (Lipinski definition) is 4. The lowest BCUT2D eigenvalue weighted by Gasteiger charge is -2.30. The number of hydrogen-bond donors (Lipinski definition) is 1. The van der Waals surface area contributed by atoms with Crippen LogP contribution in [0.15, 0.2) is 34.7 Å². The number of carbonyl (C=O) groups is 2. The fourth-order valence-corrected chi connectivity index (χ4v) is 2.84. The minimum absolute atomic E-state index is 0.229. The molecule has 3 rings (SSSR count). The molecule has 114 valence electrons. The van der Waals surface area contributed by atoms with E-state index in [1.807, 2.05) is 12.1 Å². The van der Waals surface area contributed by atoms with E-state index >= 15 is 0 Å². The van der Waals surface area contributed by atoms with E-state index in [4.69, 9.17) is 4.42 Å². The predicted octanol–water partition coefficient (Wildman–Crippen LogP) is 3.45. The maximum absolute atomic E-state index is 11.6. The molecule has 5 nitrogen and oxygen atoms in total. The van der Waals surface area contributed by atoms with E-state index in [0.29, 0.717) is 17.6 Å². The van der Waals surface area contributed by atoms with Crippen molar-refractivity contribution in [3.05, 3.63) is 41.7 Å². The van der Waals surface area contributed by atoms with Crippen LogP contribution >= 0.6 is 0 Å². The molecule has 2 aromatic rings. The molecule has 0 aliphatic carbocycles. The highest BCUT2D eigenvalue weighted by atomic mass is 16.4. The van der Waals surface area contributed by atoms with Crippen LogP contribution < -0.4 is 4.90 Å². The summed E-state index contributed by atoms with van der Waals surface area (Å²) in [5.74, 6) is -0.230. The zero-order valence-corrected chi connectivity index (χ0v) is 12.1. The number of nitrogens with zero attached hydrogens (tertiary/aromatic N) is 1. The van der Waals surface area contributed by atoms with Gasteiger partial charge in [0.2, 0.25) is 0 Å². The average Bonchev–Trinajstić information content (AvgIpc) is 3.04. The van der Waals surface area contributed by atoms with Crippen molar-refractivity contribution in [3.8, 4) is 11.3 Å². The Hall–Kier alpha value is -2.56. The topological polar surface area (TPSA) is 70.8 Å². The first-order valence-electron chi connectivity index (χ1n) is 7.37. The second kappa shape index (κ2) is 6.05. The van der Waals surface area contributed by atoms with Crippen LogP contribution in [0.2, 0.25) is 0 Å². The van der Waals surface area contributed by atoms with Gasteiger partial charge in [0, 0.05) is 18.7 Å². The lowest BCUT2D eigenvalue weighted by atomic mass is 10.0. The summed E-state index contributed by atoms with van der Waals surface area (Å²) in [5, 5.41) is 9.51. The molecule has 1 N–H and O–H groups in total. The number of carboxylic acid groups (broad SMARTS) is 1. The van der Waals surface area contributed by atoms with E-state index in [0.717, 1.165) is 31.6 Å². The standard InChI is InChI=1S/C17H17NO4/c19-11-13-5-7-16(22-13)12-4-6-15(14(10-12)17(20)21)18-8-2-1-3-9-18/h4-7,10-11H,1-3,8-9H2,(H,20,21). The zero-order valence-electron chi connectivity index (χ0n) is 12.1. The van der Waals surface area contributed by atoms with Gasteiger partial charge in [-0.05, 0) is 49.6 Å². The van der Waals surface area contributed by atoms with Crippen LogP contribution in [0.25, 0.3) is 11.3 Å². The monoisotopic (exact) mass is 299 g/mol. The lowest BCUT2D eigenvalue weighted by molar-refractivity contribution is 0.0697. The fourth-order valence-electron chi connectivity index (χ4n) is 2.84. The number of carbonyl (C=O) groups excluding carboxylic acids is 1. The number of anilines is 1. The summed E-state index contributed by atoms with van der Waals surface area (Å²) in [6, 6.07) is 8.52. The SMILES string of the molecule is O=Cc1ccc(-c2ccc(N3CCCCC3)c(C(=O)O)c2)o1. The molecule has 0 radical (unpaired) electrons. The highest BCUT2D eigenvalue weighted by Gasteiger charge is 2.19. The van der Waals surface area contributed by atoms with Gasteiger partial charge in [0.05, 0.1) is 11.3 Å². The molecule has 0 bridgehead atoms. The molecule has 1 aliphatic heterocycles. The van der Waals surface area contributed by atoms with Gasteiger partial charge in [-0.3, -0.25) is 4.79 Å². The summed E-state index contributed by atoms with van der Waals surface area (Å²) in [5.41, 5.74) is 1.67. The lowest BCUT2D eigenvalue weighted by Crippen LogP contribution is -2.30. The molecule has 0 saturated carbocycles. The van der Waals surface area contributed by atoms with Crippen LogP contribution in [-0.4, -0.2) is 30.5 Å². The molecule has 1 aromatic carbocycles. The number of aromatic carboxylic acids is 1. The molecule has 1 saturated heterocycles. The van der Waals surface area contributed by atoms with Gasteiger partial charge in [-0.25, -0.2) is 4.79 Å². The number of furan rings is 1. The van der Waals surface area contributed by atoms with Crippen LogP contribution in [0.4, 0.5) is 5.69 Å². The molecule has 0 unspecified atom stereocenters. The van der Waals surface area contributed by atoms with Crippen molar-refractivity contribution in [3.63, 3.8) is 0 Å². The van der Waals surface area contributed by atoms with Gasteiger partial charge in [-0.1, -0.05) is 0 Å². The average molecular weight is 299 g/mol. The van der Waals surface area contributed by atoms with Gasteiger partial charge in [-0.15, -0.1) is 0 Å². The third-order valence-corrected chi connectivity index (χ3v) is 3.95. The predicted molar refractivity (Wildman–Crippen MR) is 82.6 cm³/mol. The Morgan fingerprint density at radius 1 is 1.14 bits per heavy atom. The van der Waals surface area contributed by atoms with Gasteiger partial charge < -0.3 is 14.4 Å². The molecule has 1 aromatic heterocycles. The van der Waals surface area contributed by atoms with Crippen LogP contribution in [-0.2, 0) is 0 Å². The summed E-state index contributed by atoms with van der Waals surface area (Å²) in [4.78, 5) is 24.4. The third kappa shape index (κ3) is 2.74. The van der Waals surface area contributed by atoms with Gasteiger partial charge in [0.25, 0.3) is 0 Å². The molecule has 1 aliphatic rings. The normalized spacial score (nSPS) is 14.8. The maximum Gasteiger partial charge on any atom is 0.337 e. The van der Waals surface area contributed by atoms with E-state index in [1.54, 1.807) is 18.2 Å². The first-order chi connectivity index (χ1) is 10.7. The van der Waals surface area contributed by atoms with Crippen molar-refractivity contribution in [1.82, 2.24) is 0 Å². The molecule has 1 fully saturated rings. The number of aldehydes is 1. The number of rotatable bonds is 4. The molecule has 0 atom stereocenters. The maximum atomic E-state index is 11.6. The van der Waals surface area contributed by atoms with E-state index < -0.39 is 5.97 Å². The highest BCUT2D eigenvalue weighted by molar-refractivity contribution is 5.96. The van der Waals surface area contributed by atoms with Crippen molar-refractivity contribution in [2.75, 3.05) is 18.0 Å². The first kappa shape index (κ1) is 14.4. The van der Waals surface area contributed by atoms with Gasteiger partial charge in [0.1, 0.15) is 5.76 Å². The van der Waals surface area contributed by atoms with Crippen LogP contribution in [0, 0.1) is 0 Å². The summed E-state index contributed by atoms with van der Waals surface area (Å²) in [6.07, 6.45) is 3.99. The Labute approximate surface area is 128 Å². The summed E-state index contributed by atoms with van der Waals surface area (Å²) in [6.45, 7) is 1.77. The van der Waals surface area contributed by atoms with Crippen LogP contribution in [0.5, 0.6) is 0 Å². The quantitative estimate of drug-likeness (QED) is 0.876. The Balaban J connectivity index is 1.99. The minimum Gasteiger partial charge on any atom is -0.478 e. The van der Waals surface area contributed by atoms with Crippen molar-refractivity contribution in [1.29, 1.82) is 0 Å². The van der Waals surface area contributed by atoms with E-state index in [1.165, 1.54) is 6.42 Å². The molecule has 0 amide bonds. The fraction of sp³-hybridized carbons (Fsp3) is 0.294. The zero-order chi connectivity index (χ0) is 15.5. The Kier molecular flexibility index (Phi) is 3.96. The summed E-state index contributed by atoms with van der Waals surface area (Å²) >= 11 is 0. The van der Waals surface area contributed by atoms with E-state index in [-0.39, 0.29) is 11.3 Å². The minimum atomic E-state index is -0.954. The Morgan fingerprint density at radius 2 is 1.91 bits per heavy atom.